The average Bonchev–Trinajstić information content (AvgIpc) is 3.35. The zero-order chi connectivity index (χ0) is 25.6. The SMILES string of the molecule is N#CCC[C@H](c1cccc(C=Cc2ccc3ccc(Cl)cc3n2)c1)n1ccc2cccc(OCC#N)c21. The summed E-state index contributed by atoms with van der Waals surface area (Å²) in [5, 5.41) is 21.1. The fourth-order valence-corrected chi connectivity index (χ4v) is 4.76. The lowest BCUT2D eigenvalue weighted by atomic mass is 9.99. The average molecular weight is 503 g/mol. The van der Waals surface area contributed by atoms with Crippen LogP contribution in [0.4, 0.5) is 0 Å². The van der Waals surface area contributed by atoms with Crippen molar-refractivity contribution in [2.24, 2.45) is 0 Å². The molecule has 3 aromatic carbocycles. The number of hydrogen-bond acceptors (Lipinski definition) is 4. The third-order valence-corrected chi connectivity index (χ3v) is 6.51. The van der Waals surface area contributed by atoms with Gasteiger partial charge in [-0.25, -0.2) is 4.98 Å². The van der Waals surface area contributed by atoms with Crippen molar-refractivity contribution in [3.05, 3.63) is 107 Å². The van der Waals surface area contributed by atoms with Gasteiger partial charge < -0.3 is 9.30 Å². The lowest BCUT2D eigenvalue weighted by molar-refractivity contribution is 0.369. The standard InChI is InChI=1S/C31H23ClN4O/c32-26-12-10-23-11-14-27(35-28(23)21-26)13-9-22-4-1-6-25(20-22)29(7-3-16-33)36-18-15-24-5-2-8-30(31(24)36)37-19-17-34/h1-2,4-6,8-15,18,20-21,29H,3,7,19H2/t29-/m1/s1. The number of nitrogens with zero attached hydrogens (tertiary/aromatic N) is 4. The summed E-state index contributed by atoms with van der Waals surface area (Å²) in [6.45, 7) is -0.0253. The van der Waals surface area contributed by atoms with Crippen molar-refractivity contribution in [3.63, 3.8) is 0 Å². The van der Waals surface area contributed by atoms with Crippen LogP contribution in [0, 0.1) is 22.7 Å². The first kappa shape index (κ1) is 24.1. The van der Waals surface area contributed by atoms with Crippen LogP contribution in [0.2, 0.25) is 5.02 Å². The number of pyridine rings is 1. The lowest BCUT2D eigenvalue weighted by Gasteiger charge is -2.21. The second kappa shape index (κ2) is 11.0. The van der Waals surface area contributed by atoms with Crippen LogP contribution in [0.3, 0.4) is 0 Å². The van der Waals surface area contributed by atoms with E-state index >= 15 is 0 Å². The van der Waals surface area contributed by atoms with Crippen molar-refractivity contribution in [3.8, 4) is 17.9 Å². The number of hydrogen-bond donors (Lipinski definition) is 0. The maximum Gasteiger partial charge on any atom is 0.174 e. The first-order chi connectivity index (χ1) is 18.2. The van der Waals surface area contributed by atoms with Crippen LogP contribution >= 0.6 is 11.6 Å². The molecule has 0 saturated heterocycles. The predicted octanol–water partition coefficient (Wildman–Crippen LogP) is 7.81. The maximum atomic E-state index is 9.35. The molecule has 0 radical (unpaired) electrons. The Balaban J connectivity index is 1.50. The van der Waals surface area contributed by atoms with Crippen LogP contribution in [-0.2, 0) is 0 Å². The maximum absolute atomic E-state index is 9.35. The van der Waals surface area contributed by atoms with Crippen LogP contribution in [-0.4, -0.2) is 16.2 Å². The summed E-state index contributed by atoms with van der Waals surface area (Å²) < 4.78 is 7.88. The molecule has 0 amide bonds. The van der Waals surface area contributed by atoms with Crippen LogP contribution in [0.15, 0.2) is 85.1 Å². The van der Waals surface area contributed by atoms with E-state index in [1.165, 1.54) is 0 Å². The van der Waals surface area contributed by atoms with E-state index in [1.807, 2.05) is 85.1 Å². The van der Waals surface area contributed by atoms with Gasteiger partial charge in [0.2, 0.25) is 0 Å². The Morgan fingerprint density at radius 2 is 1.78 bits per heavy atom. The van der Waals surface area contributed by atoms with E-state index < -0.39 is 0 Å². The Morgan fingerprint density at radius 1 is 0.919 bits per heavy atom. The molecule has 0 aliphatic rings. The molecule has 180 valence electrons. The summed E-state index contributed by atoms with van der Waals surface area (Å²) in [4.78, 5) is 4.71. The van der Waals surface area contributed by atoms with Crippen LogP contribution in [0.1, 0.15) is 35.7 Å². The van der Waals surface area contributed by atoms with Crippen molar-refractivity contribution < 1.29 is 4.74 Å². The van der Waals surface area contributed by atoms with Gasteiger partial charge in [-0.2, -0.15) is 10.5 Å². The van der Waals surface area contributed by atoms with Gasteiger partial charge in [-0.1, -0.05) is 60.1 Å². The van der Waals surface area contributed by atoms with Crippen molar-refractivity contribution in [2.75, 3.05) is 6.61 Å². The molecule has 6 heteroatoms. The minimum Gasteiger partial charge on any atom is -0.477 e. The molecule has 5 aromatic rings. The molecule has 2 aromatic heterocycles. The summed E-state index contributed by atoms with van der Waals surface area (Å²) in [6.07, 6.45) is 7.11. The minimum absolute atomic E-state index is 0.0253. The number of para-hydroxylation sites is 1. The topological polar surface area (TPSA) is 74.6 Å². The van der Waals surface area contributed by atoms with Gasteiger partial charge >= 0.3 is 0 Å². The zero-order valence-corrected chi connectivity index (χ0v) is 20.8. The molecule has 37 heavy (non-hydrogen) atoms. The molecule has 0 aliphatic carbocycles. The summed E-state index contributed by atoms with van der Waals surface area (Å²) >= 11 is 6.14. The van der Waals surface area contributed by atoms with Gasteiger partial charge in [-0.05, 0) is 60.0 Å². The Morgan fingerprint density at radius 3 is 2.65 bits per heavy atom. The third-order valence-electron chi connectivity index (χ3n) is 6.28. The molecular weight excluding hydrogens is 480 g/mol. The van der Waals surface area contributed by atoms with Crippen LogP contribution < -0.4 is 4.74 Å². The summed E-state index contributed by atoms with van der Waals surface area (Å²) in [5.74, 6) is 0.657. The predicted molar refractivity (Wildman–Crippen MR) is 148 cm³/mol. The summed E-state index contributed by atoms with van der Waals surface area (Å²) in [7, 11) is 0. The normalized spacial score (nSPS) is 12.0. The Bertz CT molecular complexity index is 1690. The fourth-order valence-electron chi connectivity index (χ4n) is 4.59. The number of aromatic nitrogens is 2. The lowest BCUT2D eigenvalue weighted by Crippen LogP contribution is -2.10. The summed E-state index contributed by atoms with van der Waals surface area (Å²) in [5.41, 5.74) is 4.74. The van der Waals surface area contributed by atoms with Crippen molar-refractivity contribution in [2.45, 2.75) is 18.9 Å². The fraction of sp³-hybridized carbons (Fsp3) is 0.129. The Kier molecular flexibility index (Phi) is 7.17. The highest BCUT2D eigenvalue weighted by molar-refractivity contribution is 6.31. The number of halogens is 1. The number of ether oxygens (including phenoxy) is 1. The van der Waals surface area contributed by atoms with E-state index in [1.54, 1.807) is 0 Å². The molecule has 0 N–H and O–H groups in total. The number of rotatable bonds is 8. The van der Waals surface area contributed by atoms with Crippen molar-refractivity contribution in [1.29, 1.82) is 10.5 Å². The zero-order valence-electron chi connectivity index (χ0n) is 20.0. The highest BCUT2D eigenvalue weighted by Crippen LogP contribution is 2.34. The molecule has 5 rings (SSSR count). The van der Waals surface area contributed by atoms with Gasteiger partial charge in [0.15, 0.2) is 6.61 Å². The second-order valence-electron chi connectivity index (χ2n) is 8.65. The van der Waals surface area contributed by atoms with Crippen molar-refractivity contribution >= 4 is 45.6 Å². The van der Waals surface area contributed by atoms with E-state index in [0.29, 0.717) is 23.6 Å². The monoisotopic (exact) mass is 502 g/mol. The van der Waals surface area contributed by atoms with E-state index in [2.05, 4.69) is 28.8 Å². The first-order valence-corrected chi connectivity index (χ1v) is 12.3. The van der Waals surface area contributed by atoms with Gasteiger partial charge in [-0.15, -0.1) is 0 Å². The number of fused-ring (bicyclic) bond motifs is 2. The minimum atomic E-state index is -0.0710. The molecule has 0 fully saturated rings. The largest absolute Gasteiger partial charge is 0.477 e. The molecule has 0 spiro atoms. The Labute approximate surface area is 220 Å². The molecule has 5 nitrogen and oxygen atoms in total. The molecule has 2 heterocycles. The third kappa shape index (κ3) is 5.33. The molecule has 0 unspecified atom stereocenters. The number of nitriles is 2. The van der Waals surface area contributed by atoms with E-state index in [0.717, 1.165) is 38.6 Å². The van der Waals surface area contributed by atoms with Gasteiger partial charge in [0.25, 0.3) is 0 Å². The van der Waals surface area contributed by atoms with Gasteiger partial charge in [0, 0.05) is 28.4 Å². The molecule has 0 aliphatic heterocycles. The van der Waals surface area contributed by atoms with Gasteiger partial charge in [0.1, 0.15) is 11.8 Å². The smallest absolute Gasteiger partial charge is 0.174 e. The van der Waals surface area contributed by atoms with Crippen LogP contribution in [0.5, 0.6) is 5.75 Å². The highest BCUT2D eigenvalue weighted by atomic mass is 35.5. The van der Waals surface area contributed by atoms with Gasteiger partial charge in [-0.3, -0.25) is 0 Å². The molecule has 1 atom stereocenters. The second-order valence-corrected chi connectivity index (χ2v) is 9.09. The van der Waals surface area contributed by atoms with Gasteiger partial charge in [0.05, 0.1) is 28.8 Å². The first-order valence-electron chi connectivity index (χ1n) is 12.0. The Hall–Kier alpha value is -4.58. The highest BCUT2D eigenvalue weighted by Gasteiger charge is 2.18. The van der Waals surface area contributed by atoms with Crippen LogP contribution in [0.25, 0.3) is 34.0 Å². The van der Waals surface area contributed by atoms with E-state index in [9.17, 15) is 5.26 Å². The molecule has 0 saturated carbocycles. The van der Waals surface area contributed by atoms with E-state index in [-0.39, 0.29) is 12.6 Å². The quantitative estimate of drug-likeness (QED) is 0.217. The number of benzene rings is 3. The molecule has 0 bridgehead atoms. The van der Waals surface area contributed by atoms with E-state index in [4.69, 9.17) is 26.6 Å². The summed E-state index contributed by atoms with van der Waals surface area (Å²) in [6, 6.07) is 30.1. The molecular formula is C31H23ClN4O. The van der Waals surface area contributed by atoms with Crippen molar-refractivity contribution in [1.82, 2.24) is 9.55 Å².